The summed E-state index contributed by atoms with van der Waals surface area (Å²) in [6.07, 6.45) is 4.45. The van der Waals surface area contributed by atoms with Gasteiger partial charge in [0.15, 0.2) is 11.6 Å². The molecule has 4 rings (SSSR count). The van der Waals surface area contributed by atoms with Gasteiger partial charge in [-0.3, -0.25) is 4.79 Å². The fraction of sp³-hybridized carbons (Fsp3) is 0.273. The van der Waals surface area contributed by atoms with Crippen molar-refractivity contribution in [1.82, 2.24) is 20.4 Å². The molecular weight excluding hydrogens is 410 g/mol. The van der Waals surface area contributed by atoms with Crippen LogP contribution >= 0.6 is 12.4 Å². The van der Waals surface area contributed by atoms with Crippen molar-refractivity contribution in [3.05, 3.63) is 83.7 Å². The van der Waals surface area contributed by atoms with Gasteiger partial charge in [-0.2, -0.15) is 5.10 Å². The molecule has 0 aliphatic carbocycles. The normalized spacial score (nSPS) is 18.5. The van der Waals surface area contributed by atoms with E-state index in [1.54, 1.807) is 16.9 Å². The van der Waals surface area contributed by atoms with Gasteiger partial charge in [-0.1, -0.05) is 24.3 Å². The predicted octanol–water partition coefficient (Wildman–Crippen LogP) is 3.38. The Labute approximate surface area is 179 Å². The van der Waals surface area contributed by atoms with Gasteiger partial charge >= 0.3 is 0 Å². The molecular formula is C22H23ClF2N4O. The Morgan fingerprint density at radius 2 is 1.97 bits per heavy atom. The Morgan fingerprint density at radius 3 is 2.73 bits per heavy atom. The van der Waals surface area contributed by atoms with Crippen molar-refractivity contribution < 1.29 is 13.6 Å². The number of nitrogens with one attached hydrogen (secondary N) is 2. The molecule has 0 saturated carbocycles. The van der Waals surface area contributed by atoms with Crippen LogP contribution in [-0.4, -0.2) is 34.8 Å². The van der Waals surface area contributed by atoms with Gasteiger partial charge in [0.25, 0.3) is 0 Å². The standard InChI is InChI=1S/C22H22F2N4O.ClH/c23-19-7-6-16(11-20(19)24)18-8-9-25-13-21(18)27-22(29)10-15-12-26-28(14-15)17-4-2-1-3-5-17;/h1-7,11-12,14,18,21,25H,8-10,13H2,(H,27,29);1H. The average Bonchev–Trinajstić information content (AvgIpc) is 3.19. The van der Waals surface area contributed by atoms with E-state index in [0.29, 0.717) is 12.1 Å². The maximum absolute atomic E-state index is 13.7. The van der Waals surface area contributed by atoms with E-state index in [1.807, 2.05) is 36.5 Å². The first-order valence-corrected chi connectivity index (χ1v) is 9.64. The smallest absolute Gasteiger partial charge is 0.224 e. The third kappa shape index (κ3) is 5.04. The Bertz CT molecular complexity index is 996. The highest BCUT2D eigenvalue weighted by Crippen LogP contribution is 2.27. The zero-order valence-corrected chi connectivity index (χ0v) is 17.0. The van der Waals surface area contributed by atoms with Gasteiger partial charge in [-0.05, 0) is 48.4 Å². The molecule has 1 amide bonds. The van der Waals surface area contributed by atoms with Gasteiger partial charge < -0.3 is 10.6 Å². The fourth-order valence-electron chi connectivity index (χ4n) is 3.77. The van der Waals surface area contributed by atoms with E-state index in [1.165, 1.54) is 6.07 Å². The topological polar surface area (TPSA) is 59.0 Å². The summed E-state index contributed by atoms with van der Waals surface area (Å²) < 4.78 is 28.7. The Morgan fingerprint density at radius 1 is 1.17 bits per heavy atom. The highest BCUT2D eigenvalue weighted by atomic mass is 35.5. The number of benzene rings is 2. The van der Waals surface area contributed by atoms with E-state index < -0.39 is 11.6 Å². The zero-order chi connectivity index (χ0) is 20.2. The summed E-state index contributed by atoms with van der Waals surface area (Å²) in [5.74, 6) is -1.92. The Hall–Kier alpha value is -2.77. The summed E-state index contributed by atoms with van der Waals surface area (Å²) in [6, 6.07) is 13.5. The van der Waals surface area contributed by atoms with E-state index in [9.17, 15) is 13.6 Å². The van der Waals surface area contributed by atoms with Crippen LogP contribution in [0, 0.1) is 11.6 Å². The van der Waals surface area contributed by atoms with Gasteiger partial charge in [0.1, 0.15) is 0 Å². The molecule has 2 aromatic carbocycles. The quantitative estimate of drug-likeness (QED) is 0.650. The van der Waals surface area contributed by atoms with E-state index >= 15 is 0 Å². The molecule has 2 atom stereocenters. The second-order valence-corrected chi connectivity index (χ2v) is 7.25. The highest BCUT2D eigenvalue weighted by Gasteiger charge is 2.28. The number of carbonyl (C=O) groups is 1. The number of hydrogen-bond acceptors (Lipinski definition) is 3. The number of rotatable bonds is 5. The molecule has 8 heteroatoms. The minimum atomic E-state index is -0.862. The summed E-state index contributed by atoms with van der Waals surface area (Å²) in [7, 11) is 0. The van der Waals surface area contributed by atoms with Crippen molar-refractivity contribution >= 4 is 18.3 Å². The summed E-state index contributed by atoms with van der Waals surface area (Å²) >= 11 is 0. The van der Waals surface area contributed by atoms with Crippen LogP contribution in [0.3, 0.4) is 0 Å². The largest absolute Gasteiger partial charge is 0.351 e. The molecule has 0 bridgehead atoms. The maximum Gasteiger partial charge on any atom is 0.224 e. The van der Waals surface area contributed by atoms with E-state index in [0.717, 1.165) is 30.3 Å². The van der Waals surface area contributed by atoms with Gasteiger partial charge in [0, 0.05) is 24.7 Å². The summed E-state index contributed by atoms with van der Waals surface area (Å²) in [4.78, 5) is 12.6. The molecule has 158 valence electrons. The molecule has 2 N–H and O–H groups in total. The predicted molar refractivity (Wildman–Crippen MR) is 113 cm³/mol. The fourth-order valence-corrected chi connectivity index (χ4v) is 3.77. The lowest BCUT2D eigenvalue weighted by molar-refractivity contribution is -0.121. The summed E-state index contributed by atoms with van der Waals surface area (Å²) in [5.41, 5.74) is 2.43. The maximum atomic E-state index is 13.7. The number of para-hydroxylation sites is 1. The molecule has 1 fully saturated rings. The van der Waals surface area contributed by atoms with E-state index in [-0.39, 0.29) is 36.7 Å². The minimum Gasteiger partial charge on any atom is -0.351 e. The van der Waals surface area contributed by atoms with Gasteiger partial charge in [-0.15, -0.1) is 12.4 Å². The first kappa shape index (κ1) is 21.9. The van der Waals surface area contributed by atoms with Crippen LogP contribution in [0.5, 0.6) is 0 Å². The van der Waals surface area contributed by atoms with Gasteiger partial charge in [-0.25, -0.2) is 13.5 Å². The number of piperidine rings is 1. The lowest BCUT2D eigenvalue weighted by Crippen LogP contribution is -2.50. The molecule has 1 aromatic heterocycles. The van der Waals surface area contributed by atoms with Crippen LogP contribution in [0.25, 0.3) is 5.69 Å². The van der Waals surface area contributed by atoms with Gasteiger partial charge in [0.05, 0.1) is 18.3 Å². The number of hydrogen-bond donors (Lipinski definition) is 2. The van der Waals surface area contributed by atoms with Crippen molar-refractivity contribution in [1.29, 1.82) is 0 Å². The van der Waals surface area contributed by atoms with E-state index in [4.69, 9.17) is 0 Å². The third-order valence-corrected chi connectivity index (χ3v) is 5.22. The van der Waals surface area contributed by atoms with Crippen LogP contribution in [0.2, 0.25) is 0 Å². The third-order valence-electron chi connectivity index (χ3n) is 5.22. The monoisotopic (exact) mass is 432 g/mol. The number of aromatic nitrogens is 2. The SMILES string of the molecule is Cl.O=C(Cc1cnn(-c2ccccc2)c1)NC1CNCCC1c1ccc(F)c(F)c1. The number of carbonyl (C=O) groups excluding carboxylic acids is 1. The summed E-state index contributed by atoms with van der Waals surface area (Å²) in [6.45, 7) is 1.35. The first-order chi connectivity index (χ1) is 14.1. The van der Waals surface area contributed by atoms with Crippen LogP contribution < -0.4 is 10.6 Å². The minimum absolute atomic E-state index is 0. The average molecular weight is 433 g/mol. The van der Waals surface area contributed by atoms with Crippen molar-refractivity contribution in [2.75, 3.05) is 13.1 Å². The van der Waals surface area contributed by atoms with Crippen molar-refractivity contribution in [3.8, 4) is 5.69 Å². The molecule has 1 aliphatic rings. The Kier molecular flexibility index (Phi) is 7.18. The molecule has 1 saturated heterocycles. The van der Waals surface area contributed by atoms with Crippen molar-refractivity contribution in [3.63, 3.8) is 0 Å². The molecule has 2 heterocycles. The molecule has 0 radical (unpaired) electrons. The number of halogens is 3. The molecule has 2 unspecified atom stereocenters. The molecule has 1 aliphatic heterocycles. The second kappa shape index (κ2) is 9.82. The molecule has 0 spiro atoms. The molecule has 3 aromatic rings. The number of nitrogens with zero attached hydrogens (tertiary/aromatic N) is 2. The Balaban J connectivity index is 0.00000256. The van der Waals surface area contributed by atoms with Crippen LogP contribution in [0.15, 0.2) is 60.9 Å². The first-order valence-electron chi connectivity index (χ1n) is 9.64. The lowest BCUT2D eigenvalue weighted by atomic mass is 9.86. The molecule has 5 nitrogen and oxygen atoms in total. The van der Waals surface area contributed by atoms with Crippen molar-refractivity contribution in [2.45, 2.75) is 24.8 Å². The zero-order valence-electron chi connectivity index (χ0n) is 16.2. The molecule has 30 heavy (non-hydrogen) atoms. The van der Waals surface area contributed by atoms with E-state index in [2.05, 4.69) is 15.7 Å². The lowest BCUT2D eigenvalue weighted by Gasteiger charge is -2.33. The van der Waals surface area contributed by atoms with Gasteiger partial charge in [0.2, 0.25) is 5.91 Å². The van der Waals surface area contributed by atoms with Crippen LogP contribution in [0.4, 0.5) is 8.78 Å². The second-order valence-electron chi connectivity index (χ2n) is 7.25. The highest BCUT2D eigenvalue weighted by molar-refractivity contribution is 5.85. The van der Waals surface area contributed by atoms with Crippen LogP contribution in [0.1, 0.15) is 23.5 Å². The summed E-state index contributed by atoms with van der Waals surface area (Å²) in [5, 5.41) is 10.6. The number of amides is 1. The van der Waals surface area contributed by atoms with Crippen molar-refractivity contribution in [2.24, 2.45) is 0 Å². The van der Waals surface area contributed by atoms with Crippen LogP contribution in [-0.2, 0) is 11.2 Å².